The minimum absolute atomic E-state index is 0.0131. The van der Waals surface area contributed by atoms with Gasteiger partial charge in [0.1, 0.15) is 23.7 Å². The summed E-state index contributed by atoms with van der Waals surface area (Å²) < 4.78 is 29.8. The summed E-state index contributed by atoms with van der Waals surface area (Å²) in [5.41, 5.74) is 1.95. The Morgan fingerprint density at radius 3 is 2.48 bits per heavy atom. The summed E-state index contributed by atoms with van der Waals surface area (Å²) >= 11 is 13.4. The molecule has 0 saturated heterocycles. The molecule has 3 unspecified atom stereocenters. The van der Waals surface area contributed by atoms with Gasteiger partial charge in [-0.25, -0.2) is 8.42 Å². The van der Waals surface area contributed by atoms with Crippen LogP contribution in [0.4, 0.5) is 0 Å². The third-order valence-corrected chi connectivity index (χ3v) is 8.12. The van der Waals surface area contributed by atoms with Crippen molar-refractivity contribution in [2.24, 2.45) is 4.99 Å². The Morgan fingerprint density at radius 1 is 1.12 bits per heavy atom. The lowest BCUT2D eigenvalue weighted by Gasteiger charge is -2.25. The molecule has 0 saturated carbocycles. The number of sulfone groups is 1. The maximum atomic E-state index is 12.0. The van der Waals surface area contributed by atoms with Crippen LogP contribution in [0.1, 0.15) is 31.1 Å². The molecule has 2 N–H and O–H groups in total. The van der Waals surface area contributed by atoms with Crippen LogP contribution in [0.25, 0.3) is 5.57 Å². The predicted molar refractivity (Wildman–Crippen MR) is 132 cm³/mol. The van der Waals surface area contributed by atoms with Crippen LogP contribution >= 0.6 is 23.2 Å². The smallest absolute Gasteiger partial charge is 0.178 e. The molecule has 2 aromatic carbocycles. The van der Waals surface area contributed by atoms with Crippen LogP contribution in [-0.2, 0) is 9.84 Å². The summed E-state index contributed by atoms with van der Waals surface area (Å²) in [6, 6.07) is 12.9. The van der Waals surface area contributed by atoms with Crippen molar-refractivity contribution < 1.29 is 18.3 Å². The molecular formula is C24H24Cl2N2O4S. The van der Waals surface area contributed by atoms with Gasteiger partial charge in [-0.1, -0.05) is 60.5 Å². The standard InChI is InChI=1S/C24H24Cl2N2O4S/c1-3-32-19-8-6-5-7-16(19)20-17(25)13-18-22(21(20)26)28-24(27-18)23(29)14-9-11-15(12-10-14)33(30,31)4-2/h5-13,18,22-23,29H,3-4H2,1-2H3,(H,27,28). The van der Waals surface area contributed by atoms with Gasteiger partial charge in [-0.2, -0.15) is 0 Å². The van der Waals surface area contributed by atoms with Crippen molar-refractivity contribution in [1.29, 1.82) is 0 Å². The average molecular weight is 507 g/mol. The first kappa shape index (κ1) is 23.8. The molecule has 0 bridgehead atoms. The number of benzene rings is 2. The molecule has 0 aromatic heterocycles. The molecule has 174 valence electrons. The number of nitrogens with one attached hydrogen (secondary N) is 1. The molecule has 0 amide bonds. The van der Waals surface area contributed by atoms with E-state index in [0.29, 0.717) is 39.4 Å². The van der Waals surface area contributed by atoms with Crippen LogP contribution in [0.2, 0.25) is 0 Å². The molecular weight excluding hydrogens is 483 g/mol. The zero-order valence-corrected chi connectivity index (χ0v) is 20.5. The number of hydrogen-bond acceptors (Lipinski definition) is 6. The van der Waals surface area contributed by atoms with Gasteiger partial charge in [0.15, 0.2) is 9.84 Å². The van der Waals surface area contributed by atoms with E-state index in [1.807, 2.05) is 37.3 Å². The third kappa shape index (κ3) is 4.55. The van der Waals surface area contributed by atoms with E-state index in [1.54, 1.807) is 19.1 Å². The molecule has 6 nitrogen and oxygen atoms in total. The van der Waals surface area contributed by atoms with Crippen LogP contribution in [0.15, 0.2) is 74.6 Å². The van der Waals surface area contributed by atoms with Crippen LogP contribution in [0.3, 0.4) is 0 Å². The fourth-order valence-corrected chi connectivity index (χ4v) is 5.57. The third-order valence-electron chi connectivity index (χ3n) is 5.65. The lowest BCUT2D eigenvalue weighted by atomic mass is 9.93. The van der Waals surface area contributed by atoms with E-state index in [0.717, 1.165) is 5.56 Å². The molecule has 4 rings (SSSR count). The summed E-state index contributed by atoms with van der Waals surface area (Å²) in [5, 5.41) is 15.0. The highest BCUT2D eigenvalue weighted by Crippen LogP contribution is 2.43. The minimum atomic E-state index is -3.31. The normalized spacial score (nSPS) is 21.1. The van der Waals surface area contributed by atoms with Gasteiger partial charge in [0.2, 0.25) is 0 Å². The lowest BCUT2D eigenvalue weighted by Crippen LogP contribution is -2.37. The second-order valence-electron chi connectivity index (χ2n) is 7.67. The van der Waals surface area contributed by atoms with Gasteiger partial charge in [-0.3, -0.25) is 4.99 Å². The molecule has 1 aliphatic carbocycles. The first-order chi connectivity index (χ1) is 15.8. The second-order valence-corrected chi connectivity index (χ2v) is 10.8. The zero-order chi connectivity index (χ0) is 23.8. The van der Waals surface area contributed by atoms with Gasteiger partial charge in [0.05, 0.1) is 28.3 Å². The Hall–Kier alpha value is -2.32. The highest BCUT2D eigenvalue weighted by Gasteiger charge is 2.38. The van der Waals surface area contributed by atoms with E-state index in [2.05, 4.69) is 10.3 Å². The summed E-state index contributed by atoms with van der Waals surface area (Å²) in [5.74, 6) is 1.03. The number of hydrogen-bond donors (Lipinski definition) is 2. The summed E-state index contributed by atoms with van der Waals surface area (Å²) in [4.78, 5) is 4.86. The van der Waals surface area contributed by atoms with E-state index < -0.39 is 22.0 Å². The van der Waals surface area contributed by atoms with E-state index in [9.17, 15) is 13.5 Å². The Morgan fingerprint density at radius 2 is 1.82 bits per heavy atom. The van der Waals surface area contributed by atoms with Crippen molar-refractivity contribution in [2.45, 2.75) is 36.9 Å². The van der Waals surface area contributed by atoms with Crippen molar-refractivity contribution in [1.82, 2.24) is 5.32 Å². The number of ether oxygens (including phenoxy) is 1. The average Bonchev–Trinajstić information content (AvgIpc) is 3.24. The van der Waals surface area contributed by atoms with Crippen molar-refractivity contribution in [3.8, 4) is 5.75 Å². The highest BCUT2D eigenvalue weighted by atomic mass is 35.5. The van der Waals surface area contributed by atoms with Gasteiger partial charge in [-0.05, 0) is 36.8 Å². The number of aliphatic imine (C=N–C) groups is 1. The number of nitrogens with zero attached hydrogens (tertiary/aromatic N) is 1. The molecule has 1 heterocycles. The first-order valence-electron chi connectivity index (χ1n) is 10.6. The quantitative estimate of drug-likeness (QED) is 0.579. The molecule has 3 atom stereocenters. The van der Waals surface area contributed by atoms with Gasteiger partial charge in [-0.15, -0.1) is 0 Å². The summed E-state index contributed by atoms with van der Waals surface area (Å²) in [6.45, 7) is 4.00. The Kier molecular flexibility index (Phi) is 6.86. The lowest BCUT2D eigenvalue weighted by molar-refractivity contribution is 0.243. The number of aliphatic hydroxyl groups excluding tert-OH is 1. The molecule has 9 heteroatoms. The maximum Gasteiger partial charge on any atom is 0.178 e. The van der Waals surface area contributed by atoms with Crippen LogP contribution in [0.5, 0.6) is 5.75 Å². The van der Waals surface area contributed by atoms with Crippen LogP contribution in [0, 0.1) is 0 Å². The number of fused-ring (bicyclic) bond motifs is 1. The number of para-hydroxylation sites is 1. The summed E-state index contributed by atoms with van der Waals surface area (Å²) in [7, 11) is -3.31. The second kappa shape index (κ2) is 9.50. The monoisotopic (exact) mass is 506 g/mol. The Bertz CT molecular complexity index is 1250. The highest BCUT2D eigenvalue weighted by molar-refractivity contribution is 7.91. The molecule has 33 heavy (non-hydrogen) atoms. The van der Waals surface area contributed by atoms with Crippen molar-refractivity contribution in [3.05, 3.63) is 75.8 Å². The van der Waals surface area contributed by atoms with Crippen LogP contribution < -0.4 is 10.1 Å². The molecule has 1 aliphatic heterocycles. The number of aliphatic hydroxyl groups is 1. The molecule has 2 aliphatic rings. The van der Waals surface area contributed by atoms with Gasteiger partial charge < -0.3 is 15.2 Å². The van der Waals surface area contributed by atoms with E-state index in [1.165, 1.54) is 12.1 Å². The van der Waals surface area contributed by atoms with E-state index >= 15 is 0 Å². The SMILES string of the molecule is CCOc1ccccc1C1=C(Cl)C2N=C(C(O)c3ccc(S(=O)(=O)CC)cc3)NC2C=C1Cl. The summed E-state index contributed by atoms with van der Waals surface area (Å²) in [6.07, 6.45) is 0.765. The fourth-order valence-electron chi connectivity index (χ4n) is 3.91. The zero-order valence-electron chi connectivity index (χ0n) is 18.1. The minimum Gasteiger partial charge on any atom is -0.493 e. The van der Waals surface area contributed by atoms with Crippen molar-refractivity contribution in [2.75, 3.05) is 12.4 Å². The molecule has 2 aromatic rings. The number of allylic oxidation sites excluding steroid dienone is 2. The number of halogens is 2. The van der Waals surface area contributed by atoms with E-state index in [4.69, 9.17) is 27.9 Å². The Labute approximate surface area is 203 Å². The topological polar surface area (TPSA) is 88.0 Å². The molecule has 0 radical (unpaired) electrons. The predicted octanol–water partition coefficient (Wildman–Crippen LogP) is 4.44. The Balaban J connectivity index is 1.65. The van der Waals surface area contributed by atoms with Gasteiger partial charge in [0.25, 0.3) is 0 Å². The largest absolute Gasteiger partial charge is 0.493 e. The van der Waals surface area contributed by atoms with Crippen molar-refractivity contribution >= 4 is 44.4 Å². The van der Waals surface area contributed by atoms with Gasteiger partial charge in [0, 0.05) is 16.2 Å². The first-order valence-corrected chi connectivity index (χ1v) is 13.0. The molecule has 0 fully saturated rings. The fraction of sp³-hybridized carbons (Fsp3) is 0.292. The maximum absolute atomic E-state index is 12.0. The van der Waals surface area contributed by atoms with Crippen molar-refractivity contribution in [3.63, 3.8) is 0 Å². The van der Waals surface area contributed by atoms with Crippen LogP contribution in [-0.4, -0.2) is 43.8 Å². The van der Waals surface area contributed by atoms with E-state index in [-0.39, 0.29) is 16.7 Å². The molecule has 0 spiro atoms. The van der Waals surface area contributed by atoms with Gasteiger partial charge >= 0.3 is 0 Å². The number of rotatable bonds is 7. The number of amidine groups is 1.